The number of rotatable bonds is 4. The van der Waals surface area contributed by atoms with Crippen LogP contribution in [0.5, 0.6) is 0 Å². The predicted molar refractivity (Wildman–Crippen MR) is 68.6 cm³/mol. The monoisotopic (exact) mass is 294 g/mol. The third-order valence-electron chi connectivity index (χ3n) is 2.27. The Bertz CT molecular complexity index is 506. The molecule has 1 rings (SSSR count). The van der Waals surface area contributed by atoms with Gasteiger partial charge in [0.25, 0.3) is 5.69 Å². The van der Waals surface area contributed by atoms with E-state index in [1.165, 1.54) is 6.07 Å². The predicted octanol–water partition coefficient (Wildman–Crippen LogP) is 3.93. The molecule has 5 heteroatoms. The van der Waals surface area contributed by atoms with E-state index < -0.39 is 10.8 Å². The molecule has 0 saturated heterocycles. The second kappa shape index (κ2) is 5.60. The SMILES string of the molecule is C=C(C)CC(C#N)c1cc(Br)ccc1[N+](=O)[O-]. The van der Waals surface area contributed by atoms with Crippen molar-refractivity contribution in [3.63, 3.8) is 0 Å². The zero-order valence-corrected chi connectivity index (χ0v) is 10.9. The van der Waals surface area contributed by atoms with E-state index >= 15 is 0 Å². The van der Waals surface area contributed by atoms with Gasteiger partial charge in [-0.3, -0.25) is 10.1 Å². The van der Waals surface area contributed by atoms with Crippen LogP contribution in [0.4, 0.5) is 5.69 Å². The Morgan fingerprint density at radius 1 is 1.71 bits per heavy atom. The maximum Gasteiger partial charge on any atom is 0.274 e. The lowest BCUT2D eigenvalue weighted by Crippen LogP contribution is -2.02. The van der Waals surface area contributed by atoms with Gasteiger partial charge in [0.15, 0.2) is 0 Å². The van der Waals surface area contributed by atoms with Crippen LogP contribution in [0.1, 0.15) is 24.8 Å². The van der Waals surface area contributed by atoms with Crippen LogP contribution < -0.4 is 0 Å². The molecule has 0 amide bonds. The summed E-state index contributed by atoms with van der Waals surface area (Å²) in [5, 5.41) is 20.0. The Morgan fingerprint density at radius 3 is 2.82 bits per heavy atom. The van der Waals surface area contributed by atoms with Crippen LogP contribution in [-0.2, 0) is 0 Å². The fourth-order valence-electron chi connectivity index (χ4n) is 1.54. The average Bonchev–Trinajstić information content (AvgIpc) is 2.25. The normalized spacial score (nSPS) is 11.6. The molecule has 0 aromatic heterocycles. The van der Waals surface area contributed by atoms with Crippen LogP contribution in [0.15, 0.2) is 34.8 Å². The minimum atomic E-state index is -0.537. The second-order valence-corrected chi connectivity index (χ2v) is 4.72. The van der Waals surface area contributed by atoms with Crippen molar-refractivity contribution in [3.8, 4) is 6.07 Å². The molecular formula is C12H11BrN2O2. The molecule has 0 bridgehead atoms. The van der Waals surface area contributed by atoms with E-state index in [2.05, 4.69) is 28.6 Å². The summed E-state index contributed by atoms with van der Waals surface area (Å²) in [7, 11) is 0. The molecule has 0 aliphatic heterocycles. The Kier molecular flexibility index (Phi) is 4.41. The molecule has 0 saturated carbocycles. The molecular weight excluding hydrogens is 284 g/mol. The summed E-state index contributed by atoms with van der Waals surface area (Å²) < 4.78 is 0.722. The van der Waals surface area contributed by atoms with E-state index in [0.29, 0.717) is 12.0 Å². The summed E-state index contributed by atoms with van der Waals surface area (Å²) in [5.74, 6) is -0.537. The van der Waals surface area contributed by atoms with Gasteiger partial charge in [0.05, 0.1) is 16.9 Å². The van der Waals surface area contributed by atoms with Crippen LogP contribution in [0.2, 0.25) is 0 Å². The highest BCUT2D eigenvalue weighted by Crippen LogP contribution is 2.32. The van der Waals surface area contributed by atoms with Gasteiger partial charge in [-0.2, -0.15) is 5.26 Å². The third kappa shape index (κ3) is 3.40. The quantitative estimate of drug-likeness (QED) is 0.480. The molecule has 1 unspecified atom stereocenters. The van der Waals surface area contributed by atoms with Gasteiger partial charge in [-0.25, -0.2) is 0 Å². The van der Waals surface area contributed by atoms with Crippen molar-refractivity contribution in [1.29, 1.82) is 5.26 Å². The van der Waals surface area contributed by atoms with Gasteiger partial charge in [0.2, 0.25) is 0 Å². The zero-order chi connectivity index (χ0) is 13.0. The molecule has 0 aliphatic rings. The first-order chi connectivity index (χ1) is 7.95. The summed E-state index contributed by atoms with van der Waals surface area (Å²) in [6, 6.07) is 6.71. The van der Waals surface area contributed by atoms with E-state index in [9.17, 15) is 10.1 Å². The Balaban J connectivity index is 3.26. The highest BCUT2D eigenvalue weighted by molar-refractivity contribution is 9.10. The van der Waals surface area contributed by atoms with Gasteiger partial charge in [-0.1, -0.05) is 21.5 Å². The number of hydrogen-bond donors (Lipinski definition) is 0. The maximum absolute atomic E-state index is 10.9. The van der Waals surface area contributed by atoms with Gasteiger partial charge in [-0.15, -0.1) is 6.58 Å². The lowest BCUT2D eigenvalue weighted by atomic mass is 9.93. The standard InChI is InChI=1S/C12H11BrN2O2/c1-8(2)5-9(7-14)11-6-10(13)3-4-12(11)15(16)17/h3-4,6,9H,1,5H2,2H3. The van der Waals surface area contributed by atoms with Crippen molar-refractivity contribution < 1.29 is 4.92 Å². The second-order valence-electron chi connectivity index (χ2n) is 3.80. The Labute approximate surface area is 108 Å². The highest BCUT2D eigenvalue weighted by atomic mass is 79.9. The van der Waals surface area contributed by atoms with Crippen LogP contribution in [0.3, 0.4) is 0 Å². The van der Waals surface area contributed by atoms with Crippen molar-refractivity contribution in [2.24, 2.45) is 0 Å². The molecule has 0 N–H and O–H groups in total. The van der Waals surface area contributed by atoms with Crippen molar-refractivity contribution in [2.45, 2.75) is 19.3 Å². The number of allylic oxidation sites excluding steroid dienone is 1. The fraction of sp³-hybridized carbons (Fsp3) is 0.250. The molecule has 1 aromatic carbocycles. The van der Waals surface area contributed by atoms with Crippen molar-refractivity contribution in [2.75, 3.05) is 0 Å². The number of nitro benzene ring substituents is 1. The summed E-state index contributed by atoms with van der Waals surface area (Å²) in [6.45, 7) is 5.53. The molecule has 1 atom stereocenters. The molecule has 0 radical (unpaired) electrons. The van der Waals surface area contributed by atoms with E-state index in [1.807, 2.05) is 0 Å². The minimum absolute atomic E-state index is 0.0269. The molecule has 0 aliphatic carbocycles. The molecule has 1 aromatic rings. The fourth-order valence-corrected chi connectivity index (χ4v) is 1.92. The van der Waals surface area contributed by atoms with Crippen LogP contribution in [0.25, 0.3) is 0 Å². The number of nitrogens with zero attached hydrogens (tertiary/aromatic N) is 2. The van der Waals surface area contributed by atoms with Crippen molar-refractivity contribution in [3.05, 3.63) is 50.5 Å². The molecule has 0 heterocycles. The lowest BCUT2D eigenvalue weighted by molar-refractivity contribution is -0.385. The van der Waals surface area contributed by atoms with Crippen LogP contribution in [-0.4, -0.2) is 4.92 Å². The smallest absolute Gasteiger partial charge is 0.258 e. The largest absolute Gasteiger partial charge is 0.274 e. The van der Waals surface area contributed by atoms with E-state index in [0.717, 1.165) is 10.0 Å². The number of benzene rings is 1. The molecule has 0 spiro atoms. The first kappa shape index (κ1) is 13.4. The van der Waals surface area contributed by atoms with Crippen molar-refractivity contribution >= 4 is 21.6 Å². The molecule has 4 nitrogen and oxygen atoms in total. The van der Waals surface area contributed by atoms with Gasteiger partial charge in [0, 0.05) is 16.1 Å². The summed E-state index contributed by atoms with van der Waals surface area (Å²) in [4.78, 5) is 10.4. The molecule has 0 fully saturated rings. The Hall–Kier alpha value is -1.67. The Morgan fingerprint density at radius 2 is 2.35 bits per heavy atom. The number of nitriles is 1. The summed E-state index contributed by atoms with van der Waals surface area (Å²) in [5.41, 5.74) is 1.22. The number of hydrogen-bond acceptors (Lipinski definition) is 3. The van der Waals surface area contributed by atoms with E-state index in [4.69, 9.17) is 5.26 Å². The van der Waals surface area contributed by atoms with Crippen LogP contribution >= 0.6 is 15.9 Å². The highest BCUT2D eigenvalue weighted by Gasteiger charge is 2.22. The number of halogens is 1. The molecule has 17 heavy (non-hydrogen) atoms. The summed E-state index contributed by atoms with van der Waals surface area (Å²) >= 11 is 3.25. The summed E-state index contributed by atoms with van der Waals surface area (Å²) in [6.07, 6.45) is 0.424. The van der Waals surface area contributed by atoms with Crippen molar-refractivity contribution in [1.82, 2.24) is 0 Å². The van der Waals surface area contributed by atoms with Gasteiger partial charge in [-0.05, 0) is 25.5 Å². The first-order valence-electron chi connectivity index (χ1n) is 4.93. The van der Waals surface area contributed by atoms with E-state index in [1.54, 1.807) is 19.1 Å². The van der Waals surface area contributed by atoms with Gasteiger partial charge >= 0.3 is 0 Å². The van der Waals surface area contributed by atoms with Crippen LogP contribution in [0, 0.1) is 21.4 Å². The topological polar surface area (TPSA) is 66.9 Å². The van der Waals surface area contributed by atoms with Gasteiger partial charge < -0.3 is 0 Å². The zero-order valence-electron chi connectivity index (χ0n) is 9.31. The minimum Gasteiger partial charge on any atom is -0.258 e. The maximum atomic E-state index is 10.9. The lowest BCUT2D eigenvalue weighted by Gasteiger charge is -2.10. The van der Waals surface area contributed by atoms with E-state index in [-0.39, 0.29) is 5.69 Å². The molecule has 88 valence electrons. The average molecular weight is 295 g/mol. The first-order valence-corrected chi connectivity index (χ1v) is 5.73. The number of nitro groups is 1. The third-order valence-corrected chi connectivity index (χ3v) is 2.76. The van der Waals surface area contributed by atoms with Gasteiger partial charge in [0.1, 0.15) is 0 Å².